The third-order valence-electron chi connectivity index (χ3n) is 8.79. The van der Waals surface area contributed by atoms with Gasteiger partial charge in [-0.05, 0) is 66.2 Å². The van der Waals surface area contributed by atoms with Crippen molar-refractivity contribution in [3.63, 3.8) is 0 Å². The quantitative estimate of drug-likeness (QED) is 0.329. The van der Waals surface area contributed by atoms with E-state index in [-0.39, 0.29) is 23.7 Å². The lowest BCUT2D eigenvalue weighted by atomic mass is 9.86. The number of morpholine rings is 1. The van der Waals surface area contributed by atoms with Gasteiger partial charge in [0.05, 0.1) is 13.2 Å². The topological polar surface area (TPSA) is 61.9 Å². The number of piperazine rings is 1. The Morgan fingerprint density at radius 2 is 1.64 bits per heavy atom. The van der Waals surface area contributed by atoms with Gasteiger partial charge in [0.2, 0.25) is 11.8 Å². The Morgan fingerprint density at radius 3 is 2.33 bits per heavy atom. The molecule has 0 spiro atoms. The Kier molecular flexibility index (Phi) is 9.64. The summed E-state index contributed by atoms with van der Waals surface area (Å²) in [5, 5.41) is 3.20. The van der Waals surface area contributed by atoms with Gasteiger partial charge in [-0.3, -0.25) is 14.5 Å². The molecule has 3 aliphatic rings. The number of hydrogen-bond donors (Lipinski definition) is 1. The number of amides is 2. The molecule has 0 aromatic heterocycles. The van der Waals surface area contributed by atoms with E-state index >= 15 is 0 Å². The minimum absolute atomic E-state index is 0.0138. The normalized spacial score (nSPS) is 22.4. The number of carbonyl (C=O) groups is 2. The van der Waals surface area contributed by atoms with Crippen molar-refractivity contribution >= 4 is 23.6 Å². The fourth-order valence-corrected chi connectivity index (χ4v) is 7.53. The molecule has 1 N–H and O–H groups in total. The second kappa shape index (κ2) is 13.3. The van der Waals surface area contributed by atoms with Crippen LogP contribution in [0.2, 0.25) is 0 Å². The van der Waals surface area contributed by atoms with Crippen molar-refractivity contribution in [2.45, 2.75) is 69.5 Å². The summed E-state index contributed by atoms with van der Waals surface area (Å²) in [6, 6.07) is 16.0. The molecular weight excluding hydrogens is 506 g/mol. The fraction of sp³-hybridized carbons (Fsp3) is 0.562. The predicted octanol–water partition coefficient (Wildman–Crippen LogP) is 4.55. The second-order valence-electron chi connectivity index (χ2n) is 11.2. The third-order valence-corrected chi connectivity index (χ3v) is 10.00. The molecule has 0 unspecified atom stereocenters. The van der Waals surface area contributed by atoms with Gasteiger partial charge in [0.1, 0.15) is 12.1 Å². The van der Waals surface area contributed by atoms with Crippen LogP contribution in [0, 0.1) is 11.8 Å². The first kappa shape index (κ1) is 28.2. The maximum absolute atomic E-state index is 14.2. The molecule has 210 valence electrons. The summed E-state index contributed by atoms with van der Waals surface area (Å²) < 4.78 is 5.47. The molecule has 1 aliphatic carbocycles. The van der Waals surface area contributed by atoms with Crippen LogP contribution < -0.4 is 5.32 Å². The molecule has 0 radical (unpaired) electrons. The zero-order chi connectivity index (χ0) is 27.2. The monoisotopic (exact) mass is 549 g/mol. The lowest BCUT2D eigenvalue weighted by Gasteiger charge is -2.44. The first-order valence-corrected chi connectivity index (χ1v) is 15.8. The van der Waals surface area contributed by atoms with Crippen LogP contribution in [-0.4, -0.2) is 72.3 Å². The van der Waals surface area contributed by atoms with E-state index in [1.54, 1.807) is 0 Å². The van der Waals surface area contributed by atoms with E-state index < -0.39 is 12.1 Å². The van der Waals surface area contributed by atoms with Crippen LogP contribution in [0.15, 0.2) is 53.4 Å². The molecule has 5 rings (SSSR count). The van der Waals surface area contributed by atoms with E-state index in [0.29, 0.717) is 6.54 Å². The SMILES string of the molecule is CCC(CC)[C@@H]1C(=O)N[C@H](C2Cc3ccccc3C2)C(=O)N1Cc1ccccc1SCCCN1CCOCC1. The summed E-state index contributed by atoms with van der Waals surface area (Å²) in [5.41, 5.74) is 3.75. The molecule has 7 heteroatoms. The van der Waals surface area contributed by atoms with Crippen LogP contribution >= 0.6 is 11.8 Å². The maximum Gasteiger partial charge on any atom is 0.246 e. The van der Waals surface area contributed by atoms with Crippen molar-refractivity contribution in [2.75, 3.05) is 38.6 Å². The van der Waals surface area contributed by atoms with E-state index in [1.165, 1.54) is 16.0 Å². The van der Waals surface area contributed by atoms with Crippen LogP contribution in [0.4, 0.5) is 0 Å². The summed E-state index contributed by atoms with van der Waals surface area (Å²) >= 11 is 1.87. The molecule has 2 aromatic carbocycles. The van der Waals surface area contributed by atoms with Gasteiger partial charge in [0.25, 0.3) is 0 Å². The van der Waals surface area contributed by atoms with E-state index in [4.69, 9.17) is 4.74 Å². The van der Waals surface area contributed by atoms with E-state index in [9.17, 15) is 9.59 Å². The smallest absolute Gasteiger partial charge is 0.246 e. The number of ether oxygens (including phenoxy) is 1. The number of nitrogens with zero attached hydrogens (tertiary/aromatic N) is 2. The number of nitrogens with one attached hydrogen (secondary N) is 1. The Labute approximate surface area is 237 Å². The summed E-state index contributed by atoms with van der Waals surface area (Å²) in [4.78, 5) is 33.5. The second-order valence-corrected chi connectivity index (χ2v) is 12.3. The Balaban J connectivity index is 1.31. The first-order valence-electron chi connectivity index (χ1n) is 14.8. The molecule has 39 heavy (non-hydrogen) atoms. The van der Waals surface area contributed by atoms with E-state index in [0.717, 1.165) is 76.3 Å². The highest BCUT2D eigenvalue weighted by Gasteiger charge is 2.47. The molecule has 2 fully saturated rings. The Bertz CT molecular complexity index is 1110. The van der Waals surface area contributed by atoms with Crippen molar-refractivity contribution in [3.8, 4) is 0 Å². The number of rotatable bonds is 11. The van der Waals surface area contributed by atoms with Crippen molar-refractivity contribution in [2.24, 2.45) is 11.8 Å². The number of carbonyl (C=O) groups excluding carboxylic acids is 2. The average Bonchev–Trinajstić information content (AvgIpc) is 3.40. The molecule has 2 aliphatic heterocycles. The number of thioether (sulfide) groups is 1. The van der Waals surface area contributed by atoms with E-state index in [1.807, 2.05) is 16.7 Å². The fourth-order valence-electron chi connectivity index (χ4n) is 6.54. The molecule has 6 nitrogen and oxygen atoms in total. The van der Waals surface area contributed by atoms with Gasteiger partial charge in [0.15, 0.2) is 0 Å². The molecule has 2 saturated heterocycles. The lowest BCUT2D eigenvalue weighted by molar-refractivity contribution is -0.154. The maximum atomic E-state index is 14.2. The zero-order valence-corrected chi connectivity index (χ0v) is 24.3. The van der Waals surface area contributed by atoms with Crippen molar-refractivity contribution in [1.29, 1.82) is 0 Å². The molecule has 0 bridgehead atoms. The van der Waals surface area contributed by atoms with Crippen LogP contribution in [-0.2, 0) is 33.7 Å². The first-order chi connectivity index (χ1) is 19.1. The average molecular weight is 550 g/mol. The minimum Gasteiger partial charge on any atom is -0.379 e. The number of benzene rings is 2. The highest BCUT2D eigenvalue weighted by Crippen LogP contribution is 2.34. The molecule has 2 aromatic rings. The number of fused-ring (bicyclic) bond motifs is 1. The zero-order valence-electron chi connectivity index (χ0n) is 23.4. The summed E-state index contributed by atoms with van der Waals surface area (Å²) in [5.74, 6) is 1.37. The summed E-state index contributed by atoms with van der Waals surface area (Å²) in [7, 11) is 0. The van der Waals surface area contributed by atoms with Gasteiger partial charge in [-0.25, -0.2) is 0 Å². The predicted molar refractivity (Wildman–Crippen MR) is 157 cm³/mol. The highest BCUT2D eigenvalue weighted by molar-refractivity contribution is 7.99. The number of hydrogen-bond acceptors (Lipinski definition) is 5. The van der Waals surface area contributed by atoms with Crippen LogP contribution in [0.25, 0.3) is 0 Å². The Morgan fingerprint density at radius 1 is 0.974 bits per heavy atom. The van der Waals surface area contributed by atoms with Crippen molar-refractivity contribution < 1.29 is 14.3 Å². The van der Waals surface area contributed by atoms with Gasteiger partial charge >= 0.3 is 0 Å². The third kappa shape index (κ3) is 6.53. The standard InChI is InChI=1S/C32H43N3O3S/c1-3-23(4-2)30-31(36)33-29(27-20-24-10-5-6-11-25(24)21-27)32(37)35(30)22-26-12-7-8-13-28(26)39-19-9-14-34-15-17-38-18-16-34/h5-8,10-13,23,27,29-30H,3-4,9,14-22H2,1-2H3,(H,33,36)/t29-,30-/m1/s1. The molecule has 2 heterocycles. The summed E-state index contributed by atoms with van der Waals surface area (Å²) in [6.07, 6.45) is 4.54. The largest absolute Gasteiger partial charge is 0.379 e. The van der Waals surface area contributed by atoms with Crippen LogP contribution in [0.1, 0.15) is 49.8 Å². The Hall–Kier alpha value is -2.35. The van der Waals surface area contributed by atoms with Gasteiger partial charge in [0, 0.05) is 24.5 Å². The lowest BCUT2D eigenvalue weighted by Crippen LogP contribution is -2.66. The van der Waals surface area contributed by atoms with Gasteiger partial charge < -0.3 is 15.0 Å². The molecule has 2 amide bonds. The van der Waals surface area contributed by atoms with Gasteiger partial charge in [-0.15, -0.1) is 11.8 Å². The van der Waals surface area contributed by atoms with Crippen LogP contribution in [0.5, 0.6) is 0 Å². The molecular formula is C32H43N3O3S. The van der Waals surface area contributed by atoms with Gasteiger partial charge in [-0.2, -0.15) is 0 Å². The van der Waals surface area contributed by atoms with Crippen LogP contribution in [0.3, 0.4) is 0 Å². The van der Waals surface area contributed by atoms with Crippen molar-refractivity contribution in [1.82, 2.24) is 15.1 Å². The highest BCUT2D eigenvalue weighted by atomic mass is 32.2. The van der Waals surface area contributed by atoms with Crippen molar-refractivity contribution in [3.05, 3.63) is 65.2 Å². The summed E-state index contributed by atoms with van der Waals surface area (Å²) in [6.45, 7) is 9.53. The molecule has 2 atom stereocenters. The van der Waals surface area contributed by atoms with Gasteiger partial charge in [-0.1, -0.05) is 69.2 Å². The van der Waals surface area contributed by atoms with E-state index in [2.05, 4.69) is 72.6 Å². The molecule has 0 saturated carbocycles. The minimum atomic E-state index is -0.469.